The third kappa shape index (κ3) is 4.85. The van der Waals surface area contributed by atoms with Crippen LogP contribution in [0.15, 0.2) is 28.3 Å². The van der Waals surface area contributed by atoms with Gasteiger partial charge in [0.1, 0.15) is 5.82 Å². The van der Waals surface area contributed by atoms with Gasteiger partial charge in [-0.25, -0.2) is 13.1 Å². The minimum Gasteiger partial charge on any atom is -0.303 e. The number of rotatable bonds is 8. The Balaban J connectivity index is 1.60. The standard InChI is InChI=1S/C18H25ClN4O2S2/c1-13-9-10-15(12-16(13)19)27(24,25)20-11-5-8-17-21-22-18(26-2)23(17)14-6-3-4-7-14/h9-10,12,14,20H,3-8,11H2,1-2H3. The van der Waals surface area contributed by atoms with E-state index in [1.165, 1.54) is 31.7 Å². The average Bonchev–Trinajstić information content (AvgIpc) is 3.29. The van der Waals surface area contributed by atoms with Crippen LogP contribution in [0.1, 0.15) is 49.5 Å². The van der Waals surface area contributed by atoms with Gasteiger partial charge in [-0.15, -0.1) is 10.2 Å². The molecule has 0 unspecified atom stereocenters. The first-order valence-electron chi connectivity index (χ1n) is 9.16. The first kappa shape index (κ1) is 20.6. The molecule has 27 heavy (non-hydrogen) atoms. The molecular weight excluding hydrogens is 404 g/mol. The van der Waals surface area contributed by atoms with Crippen LogP contribution < -0.4 is 4.72 Å². The molecule has 6 nitrogen and oxygen atoms in total. The number of benzene rings is 1. The highest BCUT2D eigenvalue weighted by Gasteiger charge is 2.23. The number of aromatic nitrogens is 3. The number of hydrogen-bond acceptors (Lipinski definition) is 5. The zero-order chi connectivity index (χ0) is 19.4. The summed E-state index contributed by atoms with van der Waals surface area (Å²) in [4.78, 5) is 0.192. The molecule has 1 fully saturated rings. The molecule has 9 heteroatoms. The van der Waals surface area contributed by atoms with Gasteiger partial charge in [0.2, 0.25) is 10.0 Å². The number of thioether (sulfide) groups is 1. The van der Waals surface area contributed by atoms with E-state index in [0.29, 0.717) is 30.5 Å². The van der Waals surface area contributed by atoms with Gasteiger partial charge in [0.15, 0.2) is 5.16 Å². The van der Waals surface area contributed by atoms with Crippen LogP contribution in [0.3, 0.4) is 0 Å². The fourth-order valence-corrected chi connectivity index (χ4v) is 5.34. The van der Waals surface area contributed by atoms with Crippen molar-refractivity contribution in [3.05, 3.63) is 34.6 Å². The number of nitrogens with zero attached hydrogens (tertiary/aromatic N) is 3. The van der Waals surface area contributed by atoms with Crippen molar-refractivity contribution in [2.45, 2.75) is 61.5 Å². The minimum atomic E-state index is -3.56. The summed E-state index contributed by atoms with van der Waals surface area (Å²) in [5.41, 5.74) is 0.853. The quantitative estimate of drug-likeness (QED) is 0.508. The molecule has 3 rings (SSSR count). The van der Waals surface area contributed by atoms with Crippen LogP contribution in [0.25, 0.3) is 0 Å². The fraction of sp³-hybridized carbons (Fsp3) is 0.556. The van der Waals surface area contributed by atoms with Crippen molar-refractivity contribution in [2.75, 3.05) is 12.8 Å². The maximum atomic E-state index is 12.4. The van der Waals surface area contributed by atoms with Crippen LogP contribution in [-0.2, 0) is 16.4 Å². The van der Waals surface area contributed by atoms with Gasteiger partial charge < -0.3 is 4.57 Å². The summed E-state index contributed by atoms with van der Waals surface area (Å²) in [6, 6.07) is 5.25. The summed E-state index contributed by atoms with van der Waals surface area (Å²) in [6.07, 6.45) is 8.20. The molecule has 0 atom stereocenters. The van der Waals surface area contributed by atoms with E-state index in [1.54, 1.807) is 23.9 Å². The number of nitrogens with one attached hydrogen (secondary N) is 1. The molecule has 0 bridgehead atoms. The molecule has 1 aromatic carbocycles. The molecule has 0 saturated heterocycles. The normalized spacial score (nSPS) is 15.5. The molecule has 0 spiro atoms. The highest BCUT2D eigenvalue weighted by Crippen LogP contribution is 2.33. The van der Waals surface area contributed by atoms with Gasteiger partial charge in [-0.1, -0.05) is 42.3 Å². The van der Waals surface area contributed by atoms with Crippen LogP contribution in [0, 0.1) is 6.92 Å². The van der Waals surface area contributed by atoms with Gasteiger partial charge in [-0.3, -0.25) is 0 Å². The Morgan fingerprint density at radius 2 is 2.04 bits per heavy atom. The van der Waals surface area contributed by atoms with Crippen molar-refractivity contribution in [1.29, 1.82) is 0 Å². The van der Waals surface area contributed by atoms with E-state index in [0.717, 1.165) is 16.5 Å². The van der Waals surface area contributed by atoms with Crippen LogP contribution in [0.4, 0.5) is 0 Å². The minimum absolute atomic E-state index is 0.192. The number of halogens is 1. The summed E-state index contributed by atoms with van der Waals surface area (Å²) < 4.78 is 29.8. The lowest BCUT2D eigenvalue weighted by molar-refractivity contribution is 0.460. The molecule has 0 radical (unpaired) electrons. The molecule has 1 aromatic heterocycles. The first-order valence-corrected chi connectivity index (χ1v) is 12.2. The first-order chi connectivity index (χ1) is 12.9. The molecule has 1 N–H and O–H groups in total. The summed E-state index contributed by atoms with van der Waals surface area (Å²) in [5, 5.41) is 10.0. The lowest BCUT2D eigenvalue weighted by Gasteiger charge is -2.16. The SMILES string of the molecule is CSc1nnc(CCCNS(=O)(=O)c2ccc(C)c(Cl)c2)n1C1CCCC1. The Morgan fingerprint density at radius 3 is 2.70 bits per heavy atom. The third-order valence-electron chi connectivity index (χ3n) is 4.93. The van der Waals surface area contributed by atoms with Gasteiger partial charge in [0.05, 0.1) is 4.90 Å². The molecule has 1 aliphatic rings. The summed E-state index contributed by atoms with van der Waals surface area (Å²) in [5.74, 6) is 0.948. The Hall–Kier alpha value is -1.09. The molecule has 148 valence electrons. The lowest BCUT2D eigenvalue weighted by Crippen LogP contribution is -2.25. The van der Waals surface area contributed by atoms with Crippen molar-refractivity contribution in [1.82, 2.24) is 19.5 Å². The fourth-order valence-electron chi connectivity index (χ4n) is 3.42. The Labute approximate surface area is 170 Å². The average molecular weight is 429 g/mol. The third-order valence-corrected chi connectivity index (χ3v) is 7.44. The zero-order valence-electron chi connectivity index (χ0n) is 15.6. The van der Waals surface area contributed by atoms with E-state index < -0.39 is 10.0 Å². The van der Waals surface area contributed by atoms with Crippen LogP contribution in [0.5, 0.6) is 0 Å². The highest BCUT2D eigenvalue weighted by molar-refractivity contribution is 7.98. The van der Waals surface area contributed by atoms with Crippen molar-refractivity contribution in [3.8, 4) is 0 Å². The summed E-state index contributed by atoms with van der Waals surface area (Å²) in [6.45, 7) is 2.19. The van der Waals surface area contributed by atoms with Gasteiger partial charge >= 0.3 is 0 Å². The Kier molecular flexibility index (Phi) is 6.83. The highest BCUT2D eigenvalue weighted by atomic mass is 35.5. The van der Waals surface area contributed by atoms with E-state index >= 15 is 0 Å². The van der Waals surface area contributed by atoms with Crippen LogP contribution in [-0.4, -0.2) is 36.0 Å². The molecule has 1 heterocycles. The van der Waals surface area contributed by atoms with Gasteiger partial charge in [-0.2, -0.15) is 0 Å². The molecule has 0 amide bonds. The monoisotopic (exact) mass is 428 g/mol. The van der Waals surface area contributed by atoms with Crippen LogP contribution in [0.2, 0.25) is 5.02 Å². The van der Waals surface area contributed by atoms with E-state index in [1.807, 2.05) is 13.2 Å². The van der Waals surface area contributed by atoms with Crippen molar-refractivity contribution < 1.29 is 8.42 Å². The number of aryl methyl sites for hydroxylation is 2. The molecule has 0 aliphatic heterocycles. The molecular formula is C18H25ClN4O2S2. The van der Waals surface area contributed by atoms with Gasteiger partial charge in [-0.05, 0) is 50.1 Å². The molecule has 1 aliphatic carbocycles. The van der Waals surface area contributed by atoms with E-state index in [4.69, 9.17) is 11.6 Å². The van der Waals surface area contributed by atoms with Gasteiger partial charge in [0, 0.05) is 24.0 Å². The second kappa shape index (κ2) is 8.94. The molecule has 2 aromatic rings. The lowest BCUT2D eigenvalue weighted by atomic mass is 10.2. The van der Waals surface area contributed by atoms with Gasteiger partial charge in [0.25, 0.3) is 0 Å². The number of hydrogen-bond donors (Lipinski definition) is 1. The molecule has 1 saturated carbocycles. The smallest absolute Gasteiger partial charge is 0.240 e. The second-order valence-corrected chi connectivity index (χ2v) is 9.77. The maximum Gasteiger partial charge on any atom is 0.240 e. The number of sulfonamides is 1. The summed E-state index contributed by atoms with van der Waals surface area (Å²) >= 11 is 7.66. The predicted octanol–water partition coefficient (Wildman–Crippen LogP) is 3.99. The van der Waals surface area contributed by atoms with Crippen molar-refractivity contribution in [3.63, 3.8) is 0 Å². The van der Waals surface area contributed by atoms with Crippen molar-refractivity contribution >= 4 is 33.4 Å². The largest absolute Gasteiger partial charge is 0.303 e. The topological polar surface area (TPSA) is 76.9 Å². The van der Waals surface area contributed by atoms with Crippen LogP contribution >= 0.6 is 23.4 Å². The second-order valence-electron chi connectivity index (χ2n) is 6.82. The zero-order valence-corrected chi connectivity index (χ0v) is 18.0. The Bertz CT molecular complexity index is 893. The predicted molar refractivity (Wildman–Crippen MR) is 109 cm³/mol. The van der Waals surface area contributed by atoms with E-state index in [2.05, 4.69) is 19.5 Å². The van der Waals surface area contributed by atoms with E-state index in [9.17, 15) is 8.42 Å². The van der Waals surface area contributed by atoms with Crippen molar-refractivity contribution in [2.24, 2.45) is 0 Å². The van der Waals surface area contributed by atoms with E-state index in [-0.39, 0.29) is 4.90 Å². The summed E-state index contributed by atoms with van der Waals surface area (Å²) in [7, 11) is -3.56. The maximum absolute atomic E-state index is 12.4. The Morgan fingerprint density at radius 1 is 1.30 bits per heavy atom.